The number of ether oxygens (including phenoxy) is 1. The van der Waals surface area contributed by atoms with Crippen molar-refractivity contribution >= 4 is 23.6 Å². The molecule has 2 saturated carbocycles. The summed E-state index contributed by atoms with van der Waals surface area (Å²) in [4.78, 5) is 52.8. The van der Waals surface area contributed by atoms with E-state index in [0.717, 1.165) is 12.8 Å². The van der Waals surface area contributed by atoms with Crippen LogP contribution in [0.3, 0.4) is 0 Å². The van der Waals surface area contributed by atoms with E-state index in [1.807, 2.05) is 0 Å². The van der Waals surface area contributed by atoms with Crippen LogP contribution in [-0.4, -0.2) is 71.4 Å². The molecule has 2 aliphatic heterocycles. The van der Waals surface area contributed by atoms with Gasteiger partial charge in [0, 0.05) is 25.1 Å². The molecule has 0 aromatic rings. The highest BCUT2D eigenvalue weighted by Crippen LogP contribution is 2.65. The third kappa shape index (κ3) is 4.01. The number of fused-ring (bicyclic) bond motifs is 1. The first-order chi connectivity index (χ1) is 15.2. The van der Waals surface area contributed by atoms with E-state index >= 15 is 0 Å². The average Bonchev–Trinajstić information content (AvgIpc) is 3.45. The van der Waals surface area contributed by atoms with Crippen LogP contribution in [0.15, 0.2) is 0 Å². The lowest BCUT2D eigenvalue weighted by Gasteiger charge is -2.36. The summed E-state index contributed by atoms with van der Waals surface area (Å²) in [6.07, 6.45) is 2.69. The second-order valence-corrected chi connectivity index (χ2v) is 11.5. The zero-order valence-corrected chi connectivity index (χ0v) is 20.1. The van der Waals surface area contributed by atoms with Gasteiger partial charge in [-0.2, -0.15) is 0 Å². The van der Waals surface area contributed by atoms with E-state index in [0.29, 0.717) is 13.0 Å². The van der Waals surface area contributed by atoms with Gasteiger partial charge in [-0.25, -0.2) is 0 Å². The summed E-state index contributed by atoms with van der Waals surface area (Å²) in [5.41, 5.74) is 10.7. The minimum absolute atomic E-state index is 0.0302. The number of carbonyl (C=O) groups excluding carboxylic acids is 4. The highest BCUT2D eigenvalue weighted by Gasteiger charge is 2.69. The van der Waals surface area contributed by atoms with Gasteiger partial charge < -0.3 is 31.7 Å². The molecule has 2 heterocycles. The molecule has 6 N–H and O–H groups in total. The fourth-order valence-electron chi connectivity index (χ4n) is 5.85. The number of nitrogens with one attached hydrogen (secondary N) is 2. The normalized spacial score (nSPS) is 32.7. The Balaban J connectivity index is 1.49. The Labute approximate surface area is 194 Å². The van der Waals surface area contributed by atoms with Crippen LogP contribution in [0.2, 0.25) is 0 Å². The molecule has 4 fully saturated rings. The van der Waals surface area contributed by atoms with Crippen LogP contribution in [0.1, 0.15) is 53.4 Å². The number of primary amides is 1. The SMILES string of the molecule is COC(C)(C)[C@H](N)C(=O)N1C[C@H]2[C@@H]([C@H]1C(=O)N[C@@H](C[C@@H]1CC3(CC3)NC1=O)C(N)=O)C2(C)C. The van der Waals surface area contributed by atoms with Gasteiger partial charge in [0.2, 0.25) is 23.6 Å². The summed E-state index contributed by atoms with van der Waals surface area (Å²) in [5.74, 6) is -1.78. The van der Waals surface area contributed by atoms with E-state index in [4.69, 9.17) is 16.2 Å². The molecule has 184 valence electrons. The van der Waals surface area contributed by atoms with Gasteiger partial charge >= 0.3 is 0 Å². The van der Waals surface area contributed by atoms with E-state index in [9.17, 15) is 19.2 Å². The van der Waals surface area contributed by atoms with E-state index in [-0.39, 0.29) is 46.9 Å². The van der Waals surface area contributed by atoms with Crippen molar-refractivity contribution in [2.24, 2.45) is 34.6 Å². The summed E-state index contributed by atoms with van der Waals surface area (Å²) in [7, 11) is 1.49. The van der Waals surface area contributed by atoms with Gasteiger partial charge in [-0.15, -0.1) is 0 Å². The Hall–Kier alpha value is -2.20. The topological polar surface area (TPSA) is 157 Å². The maximum absolute atomic E-state index is 13.5. The van der Waals surface area contributed by atoms with Crippen molar-refractivity contribution in [3.05, 3.63) is 0 Å². The van der Waals surface area contributed by atoms with Gasteiger partial charge in [-0.3, -0.25) is 19.2 Å². The van der Waals surface area contributed by atoms with Gasteiger partial charge in [-0.05, 0) is 56.8 Å². The highest BCUT2D eigenvalue weighted by atomic mass is 16.5. The molecule has 0 aromatic heterocycles. The van der Waals surface area contributed by atoms with Gasteiger partial charge in [0.05, 0.1) is 5.60 Å². The molecule has 1 spiro atoms. The first-order valence-electron chi connectivity index (χ1n) is 11.8. The summed E-state index contributed by atoms with van der Waals surface area (Å²) >= 11 is 0. The van der Waals surface area contributed by atoms with Gasteiger partial charge in [0.1, 0.15) is 18.1 Å². The Kier molecular flexibility index (Phi) is 5.56. The van der Waals surface area contributed by atoms with Crippen molar-refractivity contribution in [3.8, 4) is 0 Å². The molecular formula is C23H37N5O5. The zero-order valence-electron chi connectivity index (χ0n) is 20.1. The van der Waals surface area contributed by atoms with Crippen LogP contribution in [0.5, 0.6) is 0 Å². The van der Waals surface area contributed by atoms with Crippen molar-refractivity contribution in [3.63, 3.8) is 0 Å². The number of carbonyl (C=O) groups is 4. The van der Waals surface area contributed by atoms with Crippen LogP contribution in [-0.2, 0) is 23.9 Å². The van der Waals surface area contributed by atoms with E-state index in [1.165, 1.54) is 12.0 Å². The van der Waals surface area contributed by atoms with Gasteiger partial charge in [0.25, 0.3) is 0 Å². The maximum Gasteiger partial charge on any atom is 0.243 e. The van der Waals surface area contributed by atoms with Gasteiger partial charge in [-0.1, -0.05) is 13.8 Å². The molecule has 10 nitrogen and oxygen atoms in total. The number of hydrogen-bond donors (Lipinski definition) is 4. The van der Waals surface area contributed by atoms with Crippen molar-refractivity contribution in [2.75, 3.05) is 13.7 Å². The lowest BCUT2D eigenvalue weighted by Crippen LogP contribution is -2.61. The van der Waals surface area contributed by atoms with Crippen LogP contribution >= 0.6 is 0 Å². The Morgan fingerprint density at radius 3 is 2.45 bits per heavy atom. The molecule has 0 unspecified atom stereocenters. The number of hydrogen-bond acceptors (Lipinski definition) is 6. The molecule has 0 aromatic carbocycles. The molecular weight excluding hydrogens is 426 g/mol. The fourth-order valence-corrected chi connectivity index (χ4v) is 5.85. The standard InChI is InChI=1S/C23H37N5O5/c1-21(2)12-10-28(20(32)16(24)22(3,4)33-5)15(14(12)21)19(31)26-13(17(25)29)8-11-9-23(6-7-23)27-18(11)30/h11-16H,6-10,24H2,1-5H3,(H2,25,29)(H,26,31)(H,27,30)/t11-,12+,13+,14+,15+,16-/m1/s1. The molecule has 0 radical (unpaired) electrons. The third-order valence-corrected chi connectivity index (χ3v) is 8.73. The van der Waals surface area contributed by atoms with E-state index in [1.54, 1.807) is 13.8 Å². The molecule has 4 amide bonds. The quantitative estimate of drug-likeness (QED) is 0.371. The predicted octanol–water partition coefficient (Wildman–Crippen LogP) is -0.749. The van der Waals surface area contributed by atoms with E-state index in [2.05, 4.69) is 24.5 Å². The molecule has 4 aliphatic rings. The zero-order chi connectivity index (χ0) is 24.5. The molecule has 2 aliphatic carbocycles. The van der Waals surface area contributed by atoms with Gasteiger partial charge in [0.15, 0.2) is 0 Å². The van der Waals surface area contributed by atoms with Crippen LogP contribution in [0, 0.1) is 23.2 Å². The molecule has 33 heavy (non-hydrogen) atoms. The predicted molar refractivity (Wildman–Crippen MR) is 119 cm³/mol. The number of methoxy groups -OCH3 is 1. The number of rotatable bonds is 8. The number of nitrogens with two attached hydrogens (primary N) is 2. The highest BCUT2D eigenvalue weighted by molar-refractivity contribution is 5.95. The smallest absolute Gasteiger partial charge is 0.243 e. The lowest BCUT2D eigenvalue weighted by molar-refractivity contribution is -0.146. The fraction of sp³-hybridized carbons (Fsp3) is 0.826. The second-order valence-electron chi connectivity index (χ2n) is 11.5. The monoisotopic (exact) mass is 463 g/mol. The van der Waals surface area contributed by atoms with Crippen molar-refractivity contribution < 1.29 is 23.9 Å². The summed E-state index contributed by atoms with van der Waals surface area (Å²) in [6.45, 7) is 8.04. The molecule has 10 heteroatoms. The first-order valence-corrected chi connectivity index (χ1v) is 11.8. The van der Waals surface area contributed by atoms with E-state index < -0.39 is 35.5 Å². The summed E-state index contributed by atoms with van der Waals surface area (Å²) < 4.78 is 5.39. The molecule has 0 bridgehead atoms. The number of likely N-dealkylation sites (tertiary alicyclic amines) is 1. The molecule has 4 rings (SSSR count). The summed E-state index contributed by atoms with van der Waals surface area (Å²) in [5, 5.41) is 5.77. The minimum atomic E-state index is -0.982. The average molecular weight is 464 g/mol. The number of nitrogens with zero attached hydrogens (tertiary/aromatic N) is 1. The first kappa shape index (κ1) is 23.9. The van der Waals surface area contributed by atoms with Crippen LogP contribution in [0.4, 0.5) is 0 Å². The lowest BCUT2D eigenvalue weighted by atomic mass is 9.93. The van der Waals surface area contributed by atoms with Crippen molar-refractivity contribution in [2.45, 2.75) is 82.6 Å². The number of piperidine rings is 1. The number of amides is 4. The van der Waals surface area contributed by atoms with Crippen LogP contribution in [0.25, 0.3) is 0 Å². The second kappa shape index (κ2) is 7.66. The van der Waals surface area contributed by atoms with Crippen molar-refractivity contribution in [1.29, 1.82) is 0 Å². The Morgan fingerprint density at radius 1 is 1.30 bits per heavy atom. The molecule has 6 atom stereocenters. The largest absolute Gasteiger partial charge is 0.377 e. The molecule has 2 saturated heterocycles. The van der Waals surface area contributed by atoms with Crippen LogP contribution < -0.4 is 22.1 Å². The third-order valence-electron chi connectivity index (χ3n) is 8.73. The minimum Gasteiger partial charge on any atom is -0.377 e. The Bertz CT molecular complexity index is 882. The van der Waals surface area contributed by atoms with Crippen molar-refractivity contribution in [1.82, 2.24) is 15.5 Å². The Morgan fingerprint density at radius 2 is 1.94 bits per heavy atom. The summed E-state index contributed by atoms with van der Waals surface area (Å²) in [6, 6.07) is -2.67. The maximum atomic E-state index is 13.5.